The summed E-state index contributed by atoms with van der Waals surface area (Å²) in [6.45, 7) is 1.58. The molecule has 98 valence electrons. The summed E-state index contributed by atoms with van der Waals surface area (Å²) in [5.41, 5.74) is 0. The molecule has 6 heteroatoms. The highest BCUT2D eigenvalue weighted by atomic mass is 32.2. The first-order chi connectivity index (χ1) is 8.03. The second-order valence-electron chi connectivity index (χ2n) is 4.99. The maximum absolute atomic E-state index is 12.3. The molecule has 0 saturated carbocycles. The second kappa shape index (κ2) is 4.94. The number of sulfone groups is 1. The molecule has 0 aromatic carbocycles. The number of rotatable bonds is 3. The number of hydrogen-bond acceptors (Lipinski definition) is 4. The number of likely N-dealkylation sites (tertiary alicyclic amines) is 1. The van der Waals surface area contributed by atoms with Gasteiger partial charge in [0.1, 0.15) is 0 Å². The Labute approximate surface area is 102 Å². The fraction of sp³-hybridized carbons (Fsp3) is 0.909. The molecule has 1 N–H and O–H groups in total. The van der Waals surface area contributed by atoms with Gasteiger partial charge in [0.25, 0.3) is 0 Å². The second-order valence-corrected chi connectivity index (χ2v) is 7.21. The molecule has 5 nitrogen and oxygen atoms in total. The lowest BCUT2D eigenvalue weighted by Gasteiger charge is -2.26. The third kappa shape index (κ3) is 2.80. The van der Waals surface area contributed by atoms with Gasteiger partial charge in [0, 0.05) is 19.1 Å². The standard InChI is InChI=1S/C11H20N2O3S/c1-12-7-10-3-2-5-13(10)11(14)9-4-6-17(15,16)8-9/h9-10,12H,2-8H2,1H3. The number of nitrogens with one attached hydrogen (secondary N) is 1. The number of likely N-dealkylation sites (N-methyl/N-ethyl adjacent to an activating group) is 1. The zero-order valence-electron chi connectivity index (χ0n) is 10.2. The van der Waals surface area contributed by atoms with Crippen LogP contribution in [0.2, 0.25) is 0 Å². The van der Waals surface area contributed by atoms with Gasteiger partial charge in [-0.15, -0.1) is 0 Å². The number of carbonyl (C=O) groups excluding carboxylic acids is 1. The Hall–Kier alpha value is -0.620. The lowest BCUT2D eigenvalue weighted by molar-refractivity contribution is -0.135. The van der Waals surface area contributed by atoms with Crippen LogP contribution in [0, 0.1) is 5.92 Å². The van der Waals surface area contributed by atoms with Crippen molar-refractivity contribution in [1.29, 1.82) is 0 Å². The molecule has 2 rings (SSSR count). The first kappa shape index (κ1) is 12.8. The molecule has 0 aromatic rings. The maximum atomic E-state index is 12.3. The molecular formula is C11H20N2O3S. The molecule has 2 aliphatic heterocycles. The molecule has 17 heavy (non-hydrogen) atoms. The van der Waals surface area contributed by atoms with Crippen LogP contribution in [0.1, 0.15) is 19.3 Å². The van der Waals surface area contributed by atoms with Crippen molar-refractivity contribution in [3.63, 3.8) is 0 Å². The lowest BCUT2D eigenvalue weighted by Crippen LogP contribution is -2.44. The molecule has 2 fully saturated rings. The van der Waals surface area contributed by atoms with Gasteiger partial charge in [-0.05, 0) is 26.3 Å². The van der Waals surface area contributed by atoms with E-state index in [1.54, 1.807) is 0 Å². The predicted molar refractivity (Wildman–Crippen MR) is 65.4 cm³/mol. The summed E-state index contributed by atoms with van der Waals surface area (Å²) < 4.78 is 22.8. The van der Waals surface area contributed by atoms with E-state index in [9.17, 15) is 13.2 Å². The third-order valence-corrected chi connectivity index (χ3v) is 5.45. The van der Waals surface area contributed by atoms with Crippen LogP contribution in [0.15, 0.2) is 0 Å². The van der Waals surface area contributed by atoms with Crippen molar-refractivity contribution in [2.24, 2.45) is 5.92 Å². The zero-order chi connectivity index (χ0) is 12.5. The van der Waals surface area contributed by atoms with E-state index < -0.39 is 9.84 Å². The van der Waals surface area contributed by atoms with E-state index in [0.717, 1.165) is 25.9 Å². The Kier molecular flexibility index (Phi) is 3.73. The molecule has 0 bridgehead atoms. The van der Waals surface area contributed by atoms with E-state index >= 15 is 0 Å². The molecule has 0 radical (unpaired) electrons. The molecule has 2 atom stereocenters. The predicted octanol–water partition coefficient (Wildman–Crippen LogP) is -0.368. The summed E-state index contributed by atoms with van der Waals surface area (Å²) in [6, 6.07) is 0.246. The number of amides is 1. The topological polar surface area (TPSA) is 66.5 Å². The fourth-order valence-corrected chi connectivity index (χ4v) is 4.53. The number of nitrogens with zero attached hydrogens (tertiary/aromatic N) is 1. The van der Waals surface area contributed by atoms with Crippen LogP contribution in [0.3, 0.4) is 0 Å². The largest absolute Gasteiger partial charge is 0.338 e. The average molecular weight is 260 g/mol. The van der Waals surface area contributed by atoms with Crippen LogP contribution < -0.4 is 5.32 Å². The van der Waals surface area contributed by atoms with E-state index in [2.05, 4.69) is 5.32 Å². The minimum Gasteiger partial charge on any atom is -0.338 e. The third-order valence-electron chi connectivity index (χ3n) is 3.68. The van der Waals surface area contributed by atoms with Crippen LogP contribution in [-0.4, -0.2) is 56.9 Å². The number of hydrogen-bond donors (Lipinski definition) is 1. The normalized spacial score (nSPS) is 31.9. The highest BCUT2D eigenvalue weighted by Crippen LogP contribution is 2.25. The molecule has 2 unspecified atom stereocenters. The Balaban J connectivity index is 2.00. The van der Waals surface area contributed by atoms with Crippen molar-refractivity contribution in [3.05, 3.63) is 0 Å². The monoisotopic (exact) mass is 260 g/mol. The van der Waals surface area contributed by atoms with Gasteiger partial charge in [-0.3, -0.25) is 4.79 Å². The molecule has 0 aromatic heterocycles. The summed E-state index contributed by atoms with van der Waals surface area (Å²) in [4.78, 5) is 14.1. The van der Waals surface area contributed by atoms with Gasteiger partial charge in [-0.25, -0.2) is 8.42 Å². The molecular weight excluding hydrogens is 240 g/mol. The molecule has 2 saturated heterocycles. The van der Waals surface area contributed by atoms with Crippen LogP contribution in [0.4, 0.5) is 0 Å². The van der Waals surface area contributed by atoms with Gasteiger partial charge >= 0.3 is 0 Å². The van der Waals surface area contributed by atoms with Crippen molar-refractivity contribution < 1.29 is 13.2 Å². The fourth-order valence-electron chi connectivity index (χ4n) is 2.80. The minimum absolute atomic E-state index is 0.0452. The first-order valence-corrected chi connectivity index (χ1v) is 8.01. The summed E-state index contributed by atoms with van der Waals surface area (Å²) >= 11 is 0. The van der Waals surface area contributed by atoms with Gasteiger partial charge in [0.2, 0.25) is 5.91 Å². The lowest BCUT2D eigenvalue weighted by atomic mass is 10.1. The van der Waals surface area contributed by atoms with Gasteiger partial charge < -0.3 is 10.2 Å². The Morgan fingerprint density at radius 2 is 2.18 bits per heavy atom. The molecule has 2 aliphatic rings. The van der Waals surface area contributed by atoms with Crippen molar-refractivity contribution in [2.45, 2.75) is 25.3 Å². The summed E-state index contributed by atoms with van der Waals surface area (Å²) in [6.07, 6.45) is 2.55. The smallest absolute Gasteiger partial charge is 0.227 e. The van der Waals surface area contributed by atoms with E-state index in [1.165, 1.54) is 0 Å². The van der Waals surface area contributed by atoms with Crippen LogP contribution >= 0.6 is 0 Å². The van der Waals surface area contributed by atoms with E-state index in [1.807, 2.05) is 11.9 Å². The Morgan fingerprint density at radius 1 is 1.41 bits per heavy atom. The summed E-state index contributed by atoms with van der Waals surface area (Å²) in [5.74, 6) is -0.0241. The maximum Gasteiger partial charge on any atom is 0.227 e. The van der Waals surface area contributed by atoms with E-state index in [0.29, 0.717) is 6.42 Å². The highest BCUT2D eigenvalue weighted by molar-refractivity contribution is 7.91. The van der Waals surface area contributed by atoms with Gasteiger partial charge in [-0.1, -0.05) is 0 Å². The van der Waals surface area contributed by atoms with Crippen molar-refractivity contribution in [1.82, 2.24) is 10.2 Å². The van der Waals surface area contributed by atoms with Gasteiger partial charge in [-0.2, -0.15) is 0 Å². The minimum atomic E-state index is -2.96. The quantitative estimate of drug-likeness (QED) is 0.752. The number of carbonyl (C=O) groups is 1. The van der Waals surface area contributed by atoms with Gasteiger partial charge in [0.15, 0.2) is 9.84 Å². The van der Waals surface area contributed by atoms with Crippen LogP contribution in [-0.2, 0) is 14.6 Å². The van der Waals surface area contributed by atoms with Crippen LogP contribution in [0.25, 0.3) is 0 Å². The molecule has 0 aliphatic carbocycles. The van der Waals surface area contributed by atoms with E-state index in [4.69, 9.17) is 0 Å². The van der Waals surface area contributed by atoms with Crippen LogP contribution in [0.5, 0.6) is 0 Å². The molecule has 0 spiro atoms. The molecule has 2 heterocycles. The van der Waals surface area contributed by atoms with Gasteiger partial charge in [0.05, 0.1) is 17.4 Å². The Bertz CT molecular complexity index is 394. The summed E-state index contributed by atoms with van der Waals surface area (Å²) in [5, 5.41) is 3.09. The van der Waals surface area contributed by atoms with E-state index in [-0.39, 0.29) is 29.4 Å². The van der Waals surface area contributed by atoms with Crippen molar-refractivity contribution in [2.75, 3.05) is 31.6 Å². The van der Waals surface area contributed by atoms with Crippen molar-refractivity contribution in [3.8, 4) is 0 Å². The first-order valence-electron chi connectivity index (χ1n) is 6.19. The van der Waals surface area contributed by atoms with Crippen molar-refractivity contribution >= 4 is 15.7 Å². The average Bonchev–Trinajstić information content (AvgIpc) is 2.84. The zero-order valence-corrected chi connectivity index (χ0v) is 11.0. The SMILES string of the molecule is CNCC1CCCN1C(=O)C1CCS(=O)(=O)C1. The Morgan fingerprint density at radius 3 is 2.76 bits per heavy atom. The summed E-state index contributed by atoms with van der Waals surface area (Å²) in [7, 11) is -1.09. The molecule has 1 amide bonds. The highest BCUT2D eigenvalue weighted by Gasteiger charge is 2.38.